The van der Waals surface area contributed by atoms with E-state index >= 15 is 0 Å². The Kier molecular flexibility index (Phi) is 5.73. The van der Waals surface area contributed by atoms with Gasteiger partial charge in [-0.2, -0.15) is 0 Å². The van der Waals surface area contributed by atoms with Crippen LogP contribution in [0.2, 0.25) is 0 Å². The molecule has 208 valence electrons. The highest BCUT2D eigenvalue weighted by atomic mass is 16.3. The van der Waals surface area contributed by atoms with Gasteiger partial charge in [0.05, 0.1) is 11.1 Å². The molecular formula is C39H32N2O2+2. The van der Waals surface area contributed by atoms with Crippen molar-refractivity contribution in [3.8, 4) is 22.5 Å². The van der Waals surface area contributed by atoms with E-state index in [2.05, 4.69) is 122 Å². The molecule has 0 atom stereocenters. The molecule has 0 radical (unpaired) electrons. The molecule has 0 aliphatic heterocycles. The van der Waals surface area contributed by atoms with Gasteiger partial charge in [-0.25, -0.2) is 9.13 Å². The first-order valence-corrected chi connectivity index (χ1v) is 14.8. The lowest BCUT2D eigenvalue weighted by molar-refractivity contribution is -0.661. The quantitative estimate of drug-likeness (QED) is 0.202. The fourth-order valence-electron chi connectivity index (χ4n) is 6.71. The zero-order valence-electron chi connectivity index (χ0n) is 24.8. The van der Waals surface area contributed by atoms with Crippen molar-refractivity contribution in [2.75, 3.05) is 0 Å². The molecule has 4 nitrogen and oxygen atoms in total. The third-order valence-electron chi connectivity index (χ3n) is 8.82. The topological polar surface area (TPSA) is 34.0 Å². The average Bonchev–Trinajstić information content (AvgIpc) is 3.57. The minimum absolute atomic E-state index is 0.837. The van der Waals surface area contributed by atoms with Crippen molar-refractivity contribution in [2.45, 2.75) is 20.3 Å². The largest absolute Gasteiger partial charge is 0.455 e. The van der Waals surface area contributed by atoms with Crippen LogP contribution in [0.15, 0.2) is 118 Å². The van der Waals surface area contributed by atoms with Crippen molar-refractivity contribution in [3.05, 3.63) is 132 Å². The van der Waals surface area contributed by atoms with E-state index in [1.807, 2.05) is 24.3 Å². The summed E-state index contributed by atoms with van der Waals surface area (Å²) in [5.74, 6) is 0. The van der Waals surface area contributed by atoms with Crippen molar-refractivity contribution in [2.24, 2.45) is 14.1 Å². The number of furan rings is 2. The smallest absolute Gasteiger partial charge is 0.216 e. The predicted octanol–water partition coefficient (Wildman–Crippen LogP) is 8.68. The fourth-order valence-corrected chi connectivity index (χ4v) is 6.71. The molecule has 4 aromatic carbocycles. The Morgan fingerprint density at radius 1 is 0.488 bits per heavy atom. The summed E-state index contributed by atoms with van der Waals surface area (Å²) in [7, 11) is 4.25. The number of hydrogen-bond donors (Lipinski definition) is 0. The number of rotatable bonds is 4. The lowest BCUT2D eigenvalue weighted by Gasteiger charge is -2.08. The zero-order valence-corrected chi connectivity index (χ0v) is 24.8. The highest BCUT2D eigenvalue weighted by molar-refractivity contribution is 6.10. The second kappa shape index (κ2) is 9.67. The normalized spacial score (nSPS) is 11.8. The average molecular weight is 561 g/mol. The van der Waals surface area contributed by atoms with Crippen LogP contribution in [0.4, 0.5) is 0 Å². The molecule has 8 aromatic rings. The van der Waals surface area contributed by atoms with Crippen molar-refractivity contribution in [1.82, 2.24) is 0 Å². The standard InChI is InChI=1S/C39H32N2O2/c1-24-13-17-30-28-9-5-7-11-34(28)42-38(30)36(24)32-19-15-26(22-40(32)3)21-27-16-20-33(41(4)23-27)37-25(2)14-18-31-29-10-6-8-12-35(29)43-39(31)37/h5-20,22-23H,21H2,1-4H3/q+2. The summed E-state index contributed by atoms with van der Waals surface area (Å²) in [6.45, 7) is 4.32. The van der Waals surface area contributed by atoms with Crippen LogP contribution < -0.4 is 9.13 Å². The van der Waals surface area contributed by atoms with Crippen LogP contribution in [-0.4, -0.2) is 0 Å². The molecule has 0 saturated heterocycles. The van der Waals surface area contributed by atoms with Gasteiger partial charge in [0.2, 0.25) is 11.4 Å². The van der Waals surface area contributed by atoms with Gasteiger partial charge in [-0.1, -0.05) is 60.7 Å². The van der Waals surface area contributed by atoms with E-state index in [4.69, 9.17) is 8.83 Å². The molecule has 8 rings (SSSR count). The second-order valence-electron chi connectivity index (χ2n) is 11.7. The summed E-state index contributed by atoms with van der Waals surface area (Å²) in [4.78, 5) is 0. The van der Waals surface area contributed by atoms with E-state index in [1.54, 1.807) is 0 Å². The van der Waals surface area contributed by atoms with Gasteiger partial charge in [0.1, 0.15) is 36.4 Å². The van der Waals surface area contributed by atoms with Crippen LogP contribution in [0.25, 0.3) is 66.4 Å². The van der Waals surface area contributed by atoms with Crippen molar-refractivity contribution >= 4 is 43.9 Å². The number of pyridine rings is 2. The summed E-state index contributed by atoms with van der Waals surface area (Å²) in [5.41, 5.74) is 13.2. The maximum atomic E-state index is 6.39. The van der Waals surface area contributed by atoms with E-state index < -0.39 is 0 Å². The van der Waals surface area contributed by atoms with Crippen molar-refractivity contribution in [1.29, 1.82) is 0 Å². The molecule has 0 aliphatic carbocycles. The maximum Gasteiger partial charge on any atom is 0.216 e. The Hall–Kier alpha value is -5.22. The van der Waals surface area contributed by atoms with Crippen molar-refractivity contribution in [3.63, 3.8) is 0 Å². The number of fused-ring (bicyclic) bond motifs is 6. The molecule has 43 heavy (non-hydrogen) atoms. The Morgan fingerprint density at radius 2 is 0.930 bits per heavy atom. The summed E-state index contributed by atoms with van der Waals surface area (Å²) in [5, 5.41) is 4.62. The first-order valence-electron chi connectivity index (χ1n) is 14.8. The Morgan fingerprint density at radius 3 is 1.37 bits per heavy atom. The first-order chi connectivity index (χ1) is 21.0. The molecular weight excluding hydrogens is 528 g/mol. The van der Waals surface area contributed by atoms with E-state index in [-0.39, 0.29) is 0 Å². The lowest BCUT2D eigenvalue weighted by atomic mass is 9.98. The molecule has 4 heterocycles. The predicted molar refractivity (Wildman–Crippen MR) is 173 cm³/mol. The molecule has 0 unspecified atom stereocenters. The fraction of sp³-hybridized carbons (Fsp3) is 0.128. The van der Waals surface area contributed by atoms with E-state index in [0.29, 0.717) is 0 Å². The summed E-state index contributed by atoms with van der Waals surface area (Å²) in [6, 6.07) is 34.2. The third kappa shape index (κ3) is 4.05. The van der Waals surface area contributed by atoms with Crippen LogP contribution >= 0.6 is 0 Å². The van der Waals surface area contributed by atoms with Crippen molar-refractivity contribution < 1.29 is 18.0 Å². The van der Waals surface area contributed by atoms with Gasteiger partial charge >= 0.3 is 0 Å². The summed E-state index contributed by atoms with van der Waals surface area (Å²) < 4.78 is 17.2. The monoisotopic (exact) mass is 560 g/mol. The molecule has 0 bridgehead atoms. The number of nitrogens with zero attached hydrogens (tertiary/aromatic N) is 2. The van der Waals surface area contributed by atoms with Gasteiger partial charge in [0.15, 0.2) is 12.4 Å². The molecule has 0 fully saturated rings. The van der Waals surface area contributed by atoms with E-state index in [1.165, 1.54) is 22.3 Å². The molecule has 0 spiro atoms. The molecule has 0 amide bonds. The van der Waals surface area contributed by atoms with Crippen LogP contribution in [0.5, 0.6) is 0 Å². The maximum absolute atomic E-state index is 6.39. The lowest BCUT2D eigenvalue weighted by Crippen LogP contribution is -2.32. The zero-order chi connectivity index (χ0) is 29.2. The number of para-hydroxylation sites is 2. The number of aromatic nitrogens is 2. The summed E-state index contributed by atoms with van der Waals surface area (Å²) in [6.07, 6.45) is 5.32. The SMILES string of the molecule is Cc1ccc2c(oc3ccccc32)c1-c1ccc(Cc2ccc(-c3c(C)ccc4c3oc3ccccc34)[n+](C)c2)c[n+]1C. The molecule has 0 N–H and O–H groups in total. The Bertz CT molecular complexity index is 2210. The van der Waals surface area contributed by atoms with E-state index in [9.17, 15) is 0 Å². The number of benzene rings is 4. The summed E-state index contributed by atoms with van der Waals surface area (Å²) >= 11 is 0. The molecule has 0 saturated carbocycles. The Balaban J connectivity index is 1.14. The van der Waals surface area contributed by atoms with Gasteiger partial charge < -0.3 is 8.83 Å². The van der Waals surface area contributed by atoms with Gasteiger partial charge in [0, 0.05) is 51.2 Å². The van der Waals surface area contributed by atoms with Crippen LogP contribution in [0.3, 0.4) is 0 Å². The van der Waals surface area contributed by atoms with Crippen LogP contribution in [0.1, 0.15) is 22.3 Å². The number of hydrogen-bond acceptors (Lipinski definition) is 2. The van der Waals surface area contributed by atoms with E-state index in [0.717, 1.165) is 72.8 Å². The molecule has 0 aliphatic rings. The minimum Gasteiger partial charge on any atom is -0.455 e. The third-order valence-corrected chi connectivity index (χ3v) is 8.82. The van der Waals surface area contributed by atoms with Gasteiger partial charge in [-0.3, -0.25) is 0 Å². The Labute approximate surface area is 250 Å². The highest BCUT2D eigenvalue weighted by Gasteiger charge is 2.23. The highest BCUT2D eigenvalue weighted by Crippen LogP contribution is 2.38. The van der Waals surface area contributed by atoms with Gasteiger partial charge in [-0.05, 0) is 49.2 Å². The van der Waals surface area contributed by atoms with Crippen LogP contribution in [-0.2, 0) is 20.5 Å². The minimum atomic E-state index is 0.837. The first kappa shape index (κ1) is 25.5. The van der Waals surface area contributed by atoms with Gasteiger partial charge in [-0.15, -0.1) is 0 Å². The second-order valence-corrected chi connectivity index (χ2v) is 11.7. The van der Waals surface area contributed by atoms with Crippen LogP contribution in [0, 0.1) is 13.8 Å². The molecule has 4 aromatic heterocycles. The molecule has 4 heteroatoms. The number of aryl methyl sites for hydroxylation is 4. The van der Waals surface area contributed by atoms with Gasteiger partial charge in [0.25, 0.3) is 0 Å².